The van der Waals surface area contributed by atoms with E-state index in [-0.39, 0.29) is 5.78 Å². The van der Waals surface area contributed by atoms with Crippen LogP contribution in [0.2, 0.25) is 0 Å². The highest BCUT2D eigenvalue weighted by molar-refractivity contribution is 5.96. The fraction of sp³-hybridized carbons (Fsp3) is 0.500. The van der Waals surface area contributed by atoms with Crippen molar-refractivity contribution in [1.29, 1.82) is 0 Å². The van der Waals surface area contributed by atoms with Crippen LogP contribution in [-0.2, 0) is 14.3 Å². The minimum absolute atomic E-state index is 0.0154. The summed E-state index contributed by atoms with van der Waals surface area (Å²) in [7, 11) is 1.30. The van der Waals surface area contributed by atoms with Crippen LogP contribution in [0.4, 0.5) is 0 Å². The van der Waals surface area contributed by atoms with E-state index in [1.165, 1.54) is 37.7 Å². The lowest BCUT2D eigenvalue weighted by molar-refractivity contribution is -0.135. The van der Waals surface area contributed by atoms with E-state index in [0.29, 0.717) is 12.3 Å². The van der Waals surface area contributed by atoms with Crippen molar-refractivity contribution >= 4 is 11.8 Å². The van der Waals surface area contributed by atoms with E-state index >= 15 is 0 Å². The third-order valence-electron chi connectivity index (χ3n) is 2.81. The van der Waals surface area contributed by atoms with Crippen molar-refractivity contribution in [2.75, 3.05) is 7.11 Å². The molecule has 3 heteroatoms. The molecule has 80 valence electrons. The standard InChI is InChI=1S/C12H14O3/c1-15-12(14)5-4-10(13)6-9-7-11(9)8-2-3-8/h4-5,9H,2-3,6-7H2,1H3/b5-4-. The molecule has 2 aliphatic rings. The van der Waals surface area contributed by atoms with Crippen LogP contribution in [0.5, 0.6) is 0 Å². The maximum absolute atomic E-state index is 11.4. The highest BCUT2D eigenvalue weighted by atomic mass is 16.5. The van der Waals surface area contributed by atoms with Gasteiger partial charge in [0.15, 0.2) is 5.78 Å². The van der Waals surface area contributed by atoms with E-state index < -0.39 is 5.97 Å². The van der Waals surface area contributed by atoms with Gasteiger partial charge >= 0.3 is 5.97 Å². The summed E-state index contributed by atoms with van der Waals surface area (Å²) in [5.41, 5.74) is 3.06. The first-order valence-corrected chi connectivity index (χ1v) is 5.20. The topological polar surface area (TPSA) is 43.4 Å². The van der Waals surface area contributed by atoms with Crippen LogP contribution in [-0.4, -0.2) is 18.9 Å². The molecular weight excluding hydrogens is 192 g/mol. The summed E-state index contributed by atoms with van der Waals surface area (Å²) < 4.78 is 4.40. The van der Waals surface area contributed by atoms with E-state index in [9.17, 15) is 9.59 Å². The second kappa shape index (κ2) is 4.01. The van der Waals surface area contributed by atoms with Gasteiger partial charge in [0.2, 0.25) is 0 Å². The Balaban J connectivity index is 1.76. The van der Waals surface area contributed by atoms with Crippen LogP contribution >= 0.6 is 0 Å². The lowest BCUT2D eigenvalue weighted by Crippen LogP contribution is -1.98. The lowest BCUT2D eigenvalue weighted by Gasteiger charge is -1.91. The number of carbonyl (C=O) groups is 2. The van der Waals surface area contributed by atoms with Crippen LogP contribution in [0.1, 0.15) is 25.7 Å². The van der Waals surface area contributed by atoms with Crippen molar-refractivity contribution in [3.05, 3.63) is 23.3 Å². The van der Waals surface area contributed by atoms with E-state index in [1.807, 2.05) is 0 Å². The quantitative estimate of drug-likeness (QED) is 0.400. The molecule has 0 amide bonds. The fourth-order valence-electron chi connectivity index (χ4n) is 1.76. The molecule has 2 fully saturated rings. The Bertz CT molecular complexity index is 357. The Hall–Kier alpha value is -1.38. The highest BCUT2D eigenvalue weighted by Crippen LogP contribution is 2.50. The van der Waals surface area contributed by atoms with Crippen molar-refractivity contribution in [2.45, 2.75) is 25.7 Å². The van der Waals surface area contributed by atoms with Crippen LogP contribution in [0, 0.1) is 5.92 Å². The largest absolute Gasteiger partial charge is 0.466 e. The summed E-state index contributed by atoms with van der Waals surface area (Å²) in [6.45, 7) is 0. The maximum atomic E-state index is 11.4. The van der Waals surface area contributed by atoms with Crippen molar-refractivity contribution in [3.63, 3.8) is 0 Å². The number of ether oxygens (including phenoxy) is 1. The molecule has 0 bridgehead atoms. The first-order chi connectivity index (χ1) is 7.20. The van der Waals surface area contributed by atoms with Gasteiger partial charge in [0.05, 0.1) is 7.11 Å². The van der Waals surface area contributed by atoms with Crippen LogP contribution in [0.3, 0.4) is 0 Å². The van der Waals surface area contributed by atoms with Gasteiger partial charge < -0.3 is 4.74 Å². The first-order valence-electron chi connectivity index (χ1n) is 5.20. The first kappa shape index (κ1) is 10.1. The van der Waals surface area contributed by atoms with Crippen LogP contribution in [0.15, 0.2) is 23.3 Å². The van der Waals surface area contributed by atoms with E-state index in [2.05, 4.69) is 4.74 Å². The Kier molecular flexibility index (Phi) is 2.71. The second-order valence-electron chi connectivity index (χ2n) is 4.06. The van der Waals surface area contributed by atoms with Gasteiger partial charge in [-0.1, -0.05) is 11.1 Å². The summed E-state index contributed by atoms with van der Waals surface area (Å²) in [5, 5.41) is 0. The number of methoxy groups -OCH3 is 1. The van der Waals surface area contributed by atoms with Gasteiger partial charge in [-0.05, 0) is 31.3 Å². The van der Waals surface area contributed by atoms with Gasteiger partial charge in [-0.15, -0.1) is 0 Å². The van der Waals surface area contributed by atoms with Crippen molar-refractivity contribution in [1.82, 2.24) is 0 Å². The minimum Gasteiger partial charge on any atom is -0.466 e. The molecule has 2 rings (SSSR count). The third kappa shape index (κ3) is 2.78. The third-order valence-corrected chi connectivity index (χ3v) is 2.81. The normalized spacial score (nSPS) is 23.1. The van der Waals surface area contributed by atoms with Crippen molar-refractivity contribution in [3.8, 4) is 0 Å². The van der Waals surface area contributed by atoms with Gasteiger partial charge in [0.25, 0.3) is 0 Å². The predicted molar refractivity (Wildman–Crippen MR) is 55.1 cm³/mol. The number of rotatable bonds is 4. The Morgan fingerprint density at radius 1 is 1.40 bits per heavy atom. The van der Waals surface area contributed by atoms with Crippen LogP contribution < -0.4 is 0 Å². The van der Waals surface area contributed by atoms with E-state index in [4.69, 9.17) is 0 Å². The number of hydrogen-bond acceptors (Lipinski definition) is 3. The Morgan fingerprint density at radius 2 is 2.13 bits per heavy atom. The van der Waals surface area contributed by atoms with Crippen LogP contribution in [0.25, 0.3) is 0 Å². The molecule has 1 unspecified atom stereocenters. The molecule has 0 spiro atoms. The molecular formula is C12H14O3. The minimum atomic E-state index is -0.472. The molecule has 0 radical (unpaired) electrons. The smallest absolute Gasteiger partial charge is 0.330 e. The Morgan fingerprint density at radius 3 is 2.73 bits per heavy atom. The van der Waals surface area contributed by atoms with Gasteiger partial charge in [0.1, 0.15) is 0 Å². The number of esters is 1. The molecule has 0 N–H and O–H groups in total. The van der Waals surface area contributed by atoms with Gasteiger partial charge in [-0.25, -0.2) is 4.79 Å². The summed E-state index contributed by atoms with van der Waals surface area (Å²) in [5.74, 6) is 0.0128. The maximum Gasteiger partial charge on any atom is 0.330 e. The molecule has 1 atom stereocenters. The van der Waals surface area contributed by atoms with Crippen molar-refractivity contribution in [2.24, 2.45) is 5.92 Å². The summed E-state index contributed by atoms with van der Waals surface area (Å²) in [6, 6.07) is 0. The number of hydrogen-bond donors (Lipinski definition) is 0. The number of ketones is 1. The predicted octanol–water partition coefficient (Wildman–Crippen LogP) is 1.79. The molecule has 2 saturated carbocycles. The van der Waals surface area contributed by atoms with Gasteiger partial charge in [0, 0.05) is 12.5 Å². The molecule has 0 saturated heterocycles. The molecule has 3 nitrogen and oxygen atoms in total. The average molecular weight is 206 g/mol. The zero-order chi connectivity index (χ0) is 10.8. The van der Waals surface area contributed by atoms with E-state index in [0.717, 1.165) is 6.42 Å². The monoisotopic (exact) mass is 206 g/mol. The molecule has 0 aliphatic heterocycles. The molecule has 0 aromatic heterocycles. The zero-order valence-corrected chi connectivity index (χ0v) is 8.79. The zero-order valence-electron chi connectivity index (χ0n) is 8.79. The molecule has 0 heterocycles. The molecule has 15 heavy (non-hydrogen) atoms. The molecule has 2 aliphatic carbocycles. The Labute approximate surface area is 88.8 Å². The molecule has 0 aromatic carbocycles. The number of allylic oxidation sites excluding steroid dienone is 3. The van der Waals surface area contributed by atoms with Crippen molar-refractivity contribution < 1.29 is 14.3 Å². The number of carbonyl (C=O) groups excluding carboxylic acids is 2. The van der Waals surface area contributed by atoms with E-state index in [1.54, 1.807) is 5.57 Å². The summed E-state index contributed by atoms with van der Waals surface area (Å²) >= 11 is 0. The summed E-state index contributed by atoms with van der Waals surface area (Å²) in [6.07, 6.45) is 6.61. The fourth-order valence-corrected chi connectivity index (χ4v) is 1.76. The molecule has 0 aromatic rings. The summed E-state index contributed by atoms with van der Waals surface area (Å²) in [4.78, 5) is 22.1. The second-order valence-corrected chi connectivity index (χ2v) is 4.06. The van der Waals surface area contributed by atoms with Gasteiger partial charge in [-0.2, -0.15) is 0 Å². The lowest BCUT2D eigenvalue weighted by atomic mass is 10.2. The van der Waals surface area contributed by atoms with Gasteiger partial charge in [-0.3, -0.25) is 4.79 Å². The average Bonchev–Trinajstić information content (AvgIpc) is 3.05. The SMILES string of the molecule is COC(=O)/C=C\C(=O)CC1CC1=C1CC1. The highest BCUT2D eigenvalue weighted by Gasteiger charge is 2.36.